The molecule has 0 N–H and O–H groups in total. The molecular formula is C50H34N2O. The molecule has 9 aromatic carbocycles. The summed E-state index contributed by atoms with van der Waals surface area (Å²) in [7, 11) is 0. The summed E-state index contributed by atoms with van der Waals surface area (Å²) in [4.78, 5) is 4.62. The van der Waals surface area contributed by atoms with Crippen LogP contribution in [-0.4, -0.2) is 0 Å². The van der Waals surface area contributed by atoms with Gasteiger partial charge < -0.3 is 14.2 Å². The number of hydrogen-bond donors (Lipinski definition) is 0. The molecule has 0 aliphatic heterocycles. The summed E-state index contributed by atoms with van der Waals surface area (Å²) in [6.45, 7) is 0. The van der Waals surface area contributed by atoms with Gasteiger partial charge in [0.05, 0.1) is 0 Å². The van der Waals surface area contributed by atoms with Crippen molar-refractivity contribution in [1.29, 1.82) is 0 Å². The summed E-state index contributed by atoms with van der Waals surface area (Å²) in [5.41, 5.74) is 13.1. The highest BCUT2D eigenvalue weighted by atomic mass is 16.3. The normalized spacial score (nSPS) is 11.4. The number of hydrogen-bond acceptors (Lipinski definition) is 3. The molecule has 10 aromatic rings. The zero-order valence-corrected chi connectivity index (χ0v) is 28.9. The van der Waals surface area contributed by atoms with Gasteiger partial charge in [0.2, 0.25) is 0 Å². The van der Waals surface area contributed by atoms with E-state index >= 15 is 0 Å². The fraction of sp³-hybridized carbons (Fsp3) is 0. The first-order valence-corrected chi connectivity index (χ1v) is 18.0. The van der Waals surface area contributed by atoms with E-state index in [2.05, 4.69) is 216 Å². The van der Waals surface area contributed by atoms with Gasteiger partial charge in [-0.25, -0.2) is 0 Å². The maximum absolute atomic E-state index is 6.37. The summed E-state index contributed by atoms with van der Waals surface area (Å²) in [6, 6.07) is 73.3. The van der Waals surface area contributed by atoms with Crippen LogP contribution in [0.2, 0.25) is 0 Å². The minimum Gasteiger partial charge on any atom is -0.456 e. The van der Waals surface area contributed by atoms with E-state index in [0.29, 0.717) is 0 Å². The highest BCUT2D eigenvalue weighted by Gasteiger charge is 2.18. The SMILES string of the molecule is c1ccc(-c2ccc(N(c3ccc(-c4cc5ccc6cccc7oc(c4)c5c67)cc3)c3ccc(N(c4ccccc4)c4ccccc4)cc3)cc2)cc1. The predicted molar refractivity (Wildman–Crippen MR) is 223 cm³/mol. The summed E-state index contributed by atoms with van der Waals surface area (Å²) in [5.74, 6) is 0. The van der Waals surface area contributed by atoms with E-state index in [1.807, 2.05) is 0 Å². The first-order valence-electron chi connectivity index (χ1n) is 18.0. The topological polar surface area (TPSA) is 19.6 Å². The van der Waals surface area contributed by atoms with Crippen LogP contribution in [0, 0.1) is 0 Å². The summed E-state index contributed by atoms with van der Waals surface area (Å²) < 4.78 is 6.37. The lowest BCUT2D eigenvalue weighted by atomic mass is 9.97. The second-order valence-electron chi connectivity index (χ2n) is 13.4. The van der Waals surface area contributed by atoms with Gasteiger partial charge in [-0.15, -0.1) is 0 Å². The molecule has 0 aliphatic carbocycles. The Kier molecular flexibility index (Phi) is 7.47. The molecule has 3 nitrogen and oxygen atoms in total. The van der Waals surface area contributed by atoms with Crippen molar-refractivity contribution >= 4 is 66.8 Å². The van der Waals surface area contributed by atoms with Gasteiger partial charge in [-0.05, 0) is 124 Å². The third-order valence-corrected chi connectivity index (χ3v) is 10.2. The highest BCUT2D eigenvalue weighted by Crippen LogP contribution is 2.42. The van der Waals surface area contributed by atoms with Crippen LogP contribution in [0.5, 0.6) is 0 Å². The van der Waals surface area contributed by atoms with Gasteiger partial charge in [-0.2, -0.15) is 0 Å². The van der Waals surface area contributed by atoms with Crippen LogP contribution in [0.25, 0.3) is 55.0 Å². The van der Waals surface area contributed by atoms with E-state index in [4.69, 9.17) is 4.42 Å². The Labute approximate surface area is 308 Å². The molecule has 53 heavy (non-hydrogen) atoms. The van der Waals surface area contributed by atoms with Gasteiger partial charge in [0.15, 0.2) is 0 Å². The van der Waals surface area contributed by atoms with Crippen molar-refractivity contribution in [3.05, 3.63) is 206 Å². The second kappa shape index (κ2) is 12.9. The summed E-state index contributed by atoms with van der Waals surface area (Å²) in [5, 5.41) is 4.81. The van der Waals surface area contributed by atoms with E-state index in [1.165, 1.54) is 32.7 Å². The number of rotatable bonds is 8. The largest absolute Gasteiger partial charge is 0.456 e. The fourth-order valence-corrected chi connectivity index (χ4v) is 7.66. The molecule has 10 rings (SSSR count). The molecule has 0 unspecified atom stereocenters. The van der Waals surface area contributed by atoms with Crippen molar-refractivity contribution in [2.75, 3.05) is 9.80 Å². The predicted octanol–water partition coefficient (Wildman–Crippen LogP) is 14.5. The Hall–Kier alpha value is -7.10. The molecule has 0 saturated carbocycles. The second-order valence-corrected chi connectivity index (χ2v) is 13.4. The number of anilines is 6. The lowest BCUT2D eigenvalue weighted by Gasteiger charge is -2.28. The molecule has 0 radical (unpaired) electrons. The molecule has 0 fully saturated rings. The molecule has 0 spiro atoms. The van der Waals surface area contributed by atoms with Crippen LogP contribution in [0.4, 0.5) is 34.1 Å². The van der Waals surface area contributed by atoms with E-state index < -0.39 is 0 Å². The lowest BCUT2D eigenvalue weighted by Crippen LogP contribution is -2.12. The van der Waals surface area contributed by atoms with Crippen LogP contribution >= 0.6 is 0 Å². The van der Waals surface area contributed by atoms with Crippen molar-refractivity contribution in [2.45, 2.75) is 0 Å². The zero-order chi connectivity index (χ0) is 35.1. The Morgan fingerprint density at radius 2 is 0.679 bits per heavy atom. The summed E-state index contributed by atoms with van der Waals surface area (Å²) >= 11 is 0. The van der Waals surface area contributed by atoms with Crippen molar-refractivity contribution < 1.29 is 4.42 Å². The van der Waals surface area contributed by atoms with Gasteiger partial charge in [0.1, 0.15) is 11.2 Å². The molecule has 0 bridgehead atoms. The number of nitrogens with zero attached hydrogens (tertiary/aromatic N) is 2. The quantitative estimate of drug-likeness (QED) is 0.149. The van der Waals surface area contributed by atoms with Gasteiger partial charge in [0, 0.05) is 44.9 Å². The Morgan fingerprint density at radius 1 is 0.264 bits per heavy atom. The minimum absolute atomic E-state index is 0.925. The molecular weight excluding hydrogens is 645 g/mol. The Balaban J connectivity index is 1.04. The van der Waals surface area contributed by atoms with Crippen LogP contribution in [-0.2, 0) is 0 Å². The number of furan rings is 1. The molecule has 1 heterocycles. The van der Waals surface area contributed by atoms with Crippen LogP contribution in [0.15, 0.2) is 211 Å². The van der Waals surface area contributed by atoms with Crippen molar-refractivity contribution in [1.82, 2.24) is 0 Å². The molecule has 1 aromatic heterocycles. The smallest absolute Gasteiger partial charge is 0.136 e. The van der Waals surface area contributed by atoms with E-state index in [0.717, 1.165) is 56.4 Å². The van der Waals surface area contributed by atoms with E-state index in [1.54, 1.807) is 0 Å². The Bertz CT molecular complexity index is 2750. The van der Waals surface area contributed by atoms with Crippen molar-refractivity contribution in [3.8, 4) is 22.3 Å². The van der Waals surface area contributed by atoms with Crippen LogP contribution in [0.1, 0.15) is 0 Å². The molecule has 0 aliphatic rings. The van der Waals surface area contributed by atoms with E-state index in [-0.39, 0.29) is 0 Å². The average Bonchev–Trinajstić information content (AvgIpc) is 3.62. The Morgan fingerprint density at radius 3 is 1.23 bits per heavy atom. The highest BCUT2D eigenvalue weighted by molar-refractivity contribution is 6.22. The van der Waals surface area contributed by atoms with E-state index in [9.17, 15) is 0 Å². The summed E-state index contributed by atoms with van der Waals surface area (Å²) in [6.07, 6.45) is 0. The monoisotopic (exact) mass is 678 g/mol. The van der Waals surface area contributed by atoms with Gasteiger partial charge in [-0.1, -0.05) is 115 Å². The molecule has 3 heteroatoms. The molecule has 0 atom stereocenters. The molecule has 0 saturated heterocycles. The number of benzene rings is 9. The van der Waals surface area contributed by atoms with Crippen molar-refractivity contribution in [3.63, 3.8) is 0 Å². The molecule has 0 amide bonds. The van der Waals surface area contributed by atoms with Gasteiger partial charge in [0.25, 0.3) is 0 Å². The van der Waals surface area contributed by atoms with Crippen LogP contribution < -0.4 is 9.80 Å². The maximum Gasteiger partial charge on any atom is 0.136 e. The third kappa shape index (κ3) is 5.56. The molecule has 250 valence electrons. The van der Waals surface area contributed by atoms with Crippen molar-refractivity contribution in [2.24, 2.45) is 0 Å². The average molecular weight is 679 g/mol. The first-order chi connectivity index (χ1) is 26.3. The zero-order valence-electron chi connectivity index (χ0n) is 28.9. The third-order valence-electron chi connectivity index (χ3n) is 10.2. The standard InChI is InChI=1S/C50H34N2O/c1-4-11-35(12-5-1)36-21-25-43(26-22-36)52(46-31-29-45(30-32-46)51(41-14-6-2-7-15-41)42-16-8-3-9-17-42)44-27-23-37(24-28-44)40-33-39-20-19-38-13-10-18-47-49(38)50(39)48(34-40)53-47/h1-34H. The fourth-order valence-electron chi connectivity index (χ4n) is 7.66. The lowest BCUT2D eigenvalue weighted by molar-refractivity contribution is 0.669. The minimum atomic E-state index is 0.925. The van der Waals surface area contributed by atoms with Crippen LogP contribution in [0.3, 0.4) is 0 Å². The maximum atomic E-state index is 6.37. The first kappa shape index (κ1) is 30.7. The van der Waals surface area contributed by atoms with Gasteiger partial charge in [-0.3, -0.25) is 0 Å². The number of para-hydroxylation sites is 2. The van der Waals surface area contributed by atoms with Gasteiger partial charge >= 0.3 is 0 Å².